The van der Waals surface area contributed by atoms with Gasteiger partial charge in [-0.25, -0.2) is 0 Å². The van der Waals surface area contributed by atoms with Crippen LogP contribution in [0.2, 0.25) is 0 Å². The van der Waals surface area contributed by atoms with Crippen LogP contribution in [-0.4, -0.2) is 157 Å². The predicted octanol–water partition coefficient (Wildman–Crippen LogP) is -1.08. The zero-order chi connectivity index (χ0) is 42.3. The monoisotopic (exact) mass is 822 g/mol. The summed E-state index contributed by atoms with van der Waals surface area (Å²) < 4.78 is 46.4. The van der Waals surface area contributed by atoms with Crippen molar-refractivity contribution in [3.05, 3.63) is 57.8 Å². The standard InChI is InChI=1S/C39H50O19/c1-14(2)6-11-19-21(54-39-31(49)28(46)25(43)22(13-40)55-39)12-20(41)23-26(44)36(34(56-35(19)23)17-7-9-18(51-5)10-8-17)58-38-32(50)29(47)33(16(4)53-38)57-37-30(48)27(45)24(42)15(3)52-37/h6-10,12,15-16,22,24-25,27-33,37-43,45-50H,11,13H2,1-5H3/t15-,16-,22-,24+,25-,27-,28-,29+,30-,31-,32-,33+,37+,38+,39-/m1/s1. The molecule has 1 aromatic heterocycles. The highest BCUT2D eigenvalue weighted by Crippen LogP contribution is 2.42. The van der Waals surface area contributed by atoms with Crippen LogP contribution in [-0.2, 0) is 25.4 Å². The van der Waals surface area contributed by atoms with Gasteiger partial charge in [-0.3, -0.25) is 4.79 Å². The summed E-state index contributed by atoms with van der Waals surface area (Å²) >= 11 is 0. The Morgan fingerprint density at radius 3 is 2.00 bits per heavy atom. The summed E-state index contributed by atoms with van der Waals surface area (Å²) in [5, 5.41) is 105. The van der Waals surface area contributed by atoms with Crippen LogP contribution in [0.3, 0.4) is 0 Å². The van der Waals surface area contributed by atoms with Gasteiger partial charge in [0.2, 0.25) is 23.8 Å². The van der Waals surface area contributed by atoms with E-state index in [1.54, 1.807) is 30.3 Å². The Balaban J connectivity index is 1.42. The van der Waals surface area contributed by atoms with Crippen molar-refractivity contribution >= 4 is 11.0 Å². The number of hydrogen-bond acceptors (Lipinski definition) is 19. The number of aromatic hydroxyl groups is 1. The Bertz CT molecular complexity index is 1980. The predicted molar refractivity (Wildman–Crippen MR) is 198 cm³/mol. The minimum absolute atomic E-state index is 0.0286. The van der Waals surface area contributed by atoms with E-state index in [-0.39, 0.29) is 34.6 Å². The van der Waals surface area contributed by atoms with Crippen LogP contribution in [0, 0.1) is 0 Å². The molecule has 58 heavy (non-hydrogen) atoms. The first kappa shape index (κ1) is 43.6. The number of methoxy groups -OCH3 is 1. The summed E-state index contributed by atoms with van der Waals surface area (Å²) in [7, 11) is 1.45. The lowest BCUT2D eigenvalue weighted by molar-refractivity contribution is -0.345. The van der Waals surface area contributed by atoms with Crippen LogP contribution < -0.4 is 19.6 Å². The van der Waals surface area contributed by atoms with Crippen LogP contribution in [0.5, 0.6) is 23.0 Å². The Labute approximate surface area is 331 Å². The van der Waals surface area contributed by atoms with Crippen LogP contribution in [0.4, 0.5) is 0 Å². The van der Waals surface area contributed by atoms with Gasteiger partial charge in [0.05, 0.1) is 25.9 Å². The number of aliphatic hydroxyl groups is 9. The number of ether oxygens (including phenoxy) is 7. The third-order valence-electron chi connectivity index (χ3n) is 10.4. The van der Waals surface area contributed by atoms with Crippen molar-refractivity contribution < 1.29 is 88.6 Å². The van der Waals surface area contributed by atoms with Crippen LogP contribution in [0.15, 0.2) is 51.2 Å². The Hall–Kier alpha value is -3.93. The van der Waals surface area contributed by atoms with Gasteiger partial charge in [0, 0.05) is 17.2 Å². The molecule has 6 rings (SSSR count). The number of benzene rings is 2. The normalized spacial score (nSPS) is 35.4. The minimum Gasteiger partial charge on any atom is -0.507 e. The van der Waals surface area contributed by atoms with Crippen molar-refractivity contribution in [3.8, 4) is 34.3 Å². The second-order valence-corrected chi connectivity index (χ2v) is 14.8. The summed E-state index contributed by atoms with van der Waals surface area (Å²) in [6, 6.07) is 7.29. The molecule has 2 aromatic carbocycles. The fraction of sp³-hybridized carbons (Fsp3) is 0.564. The molecule has 19 nitrogen and oxygen atoms in total. The molecule has 0 radical (unpaired) electrons. The molecule has 3 aromatic rings. The van der Waals surface area contributed by atoms with Gasteiger partial charge in [-0.05, 0) is 58.4 Å². The number of rotatable bonds is 11. The molecule has 3 saturated heterocycles. The Morgan fingerprint density at radius 2 is 1.36 bits per heavy atom. The highest BCUT2D eigenvalue weighted by atomic mass is 16.7. The number of fused-ring (bicyclic) bond motifs is 1. The van der Waals surface area contributed by atoms with Crippen molar-refractivity contribution in [2.45, 2.75) is 126 Å². The third kappa shape index (κ3) is 8.41. The second-order valence-electron chi connectivity index (χ2n) is 14.8. The van der Waals surface area contributed by atoms with Gasteiger partial charge in [-0.2, -0.15) is 0 Å². The fourth-order valence-corrected chi connectivity index (χ4v) is 6.98. The minimum atomic E-state index is -1.91. The molecule has 3 aliphatic rings. The topological polar surface area (TPSA) is 297 Å². The number of aliphatic hydroxyl groups excluding tert-OH is 9. The molecule has 19 heteroatoms. The average molecular weight is 823 g/mol. The van der Waals surface area contributed by atoms with E-state index in [0.717, 1.165) is 11.6 Å². The summed E-state index contributed by atoms with van der Waals surface area (Å²) in [6.45, 7) is 5.79. The SMILES string of the molecule is COc1ccc(-c2oc3c(CC=C(C)C)c(O[C@@H]4O[C@H](CO)[C@@H](O)[C@@H](O)[C@H]4O)cc(O)c3c(=O)c2O[C@@H]2O[C@H](C)[C@H](O[C@@H]3O[C@H](C)[C@H](O)[C@@H](O)[C@H]3O)[C@@H](O)[C@H]2O)cc1. The van der Waals surface area contributed by atoms with E-state index in [2.05, 4.69) is 0 Å². The number of phenolic OH excluding ortho intramolecular Hbond substituents is 1. The molecule has 4 heterocycles. The van der Waals surface area contributed by atoms with E-state index in [4.69, 9.17) is 37.6 Å². The maximum Gasteiger partial charge on any atom is 0.239 e. The lowest BCUT2D eigenvalue weighted by Crippen LogP contribution is -2.63. The van der Waals surface area contributed by atoms with Gasteiger partial charge < -0.3 is 88.6 Å². The van der Waals surface area contributed by atoms with Gasteiger partial charge in [-0.15, -0.1) is 0 Å². The van der Waals surface area contributed by atoms with Crippen molar-refractivity contribution in [2.24, 2.45) is 0 Å². The zero-order valence-corrected chi connectivity index (χ0v) is 32.2. The van der Waals surface area contributed by atoms with E-state index in [0.29, 0.717) is 5.75 Å². The lowest BCUT2D eigenvalue weighted by atomic mass is 9.97. The molecule has 320 valence electrons. The zero-order valence-electron chi connectivity index (χ0n) is 32.2. The first-order chi connectivity index (χ1) is 27.5. The summed E-state index contributed by atoms with van der Waals surface area (Å²) in [5.74, 6) is -1.16. The van der Waals surface area contributed by atoms with Crippen LogP contribution in [0.25, 0.3) is 22.3 Å². The molecule has 10 N–H and O–H groups in total. The van der Waals surface area contributed by atoms with E-state index in [1.807, 2.05) is 13.8 Å². The van der Waals surface area contributed by atoms with E-state index >= 15 is 0 Å². The molecular weight excluding hydrogens is 772 g/mol. The van der Waals surface area contributed by atoms with Gasteiger partial charge in [0.15, 0.2) is 12.1 Å². The van der Waals surface area contributed by atoms with Gasteiger partial charge in [-0.1, -0.05) is 11.6 Å². The summed E-state index contributed by atoms with van der Waals surface area (Å²) in [6.07, 6.45) is -21.6. The van der Waals surface area contributed by atoms with Crippen LogP contribution in [0.1, 0.15) is 33.3 Å². The molecule has 0 spiro atoms. The number of hydrogen-bond donors (Lipinski definition) is 10. The maximum absolute atomic E-state index is 14.6. The molecule has 3 aliphatic heterocycles. The highest BCUT2D eigenvalue weighted by molar-refractivity contribution is 5.91. The van der Waals surface area contributed by atoms with Crippen molar-refractivity contribution in [1.29, 1.82) is 0 Å². The van der Waals surface area contributed by atoms with Crippen molar-refractivity contribution in [2.75, 3.05) is 13.7 Å². The maximum atomic E-state index is 14.6. The molecule has 0 bridgehead atoms. The van der Waals surface area contributed by atoms with Crippen molar-refractivity contribution in [3.63, 3.8) is 0 Å². The average Bonchev–Trinajstić information content (AvgIpc) is 3.19. The molecule has 3 fully saturated rings. The lowest BCUT2D eigenvalue weighted by Gasteiger charge is -2.45. The van der Waals surface area contributed by atoms with Gasteiger partial charge >= 0.3 is 0 Å². The third-order valence-corrected chi connectivity index (χ3v) is 10.4. The van der Waals surface area contributed by atoms with Crippen molar-refractivity contribution in [1.82, 2.24) is 0 Å². The molecule has 15 atom stereocenters. The quantitative estimate of drug-likeness (QED) is 0.103. The Morgan fingerprint density at radius 1 is 0.759 bits per heavy atom. The molecule has 0 amide bonds. The van der Waals surface area contributed by atoms with Crippen LogP contribution >= 0.6 is 0 Å². The fourth-order valence-electron chi connectivity index (χ4n) is 6.98. The van der Waals surface area contributed by atoms with E-state index in [1.165, 1.54) is 21.0 Å². The molecule has 0 aliphatic carbocycles. The first-order valence-corrected chi connectivity index (χ1v) is 18.6. The molecule has 0 unspecified atom stereocenters. The Kier molecular flexibility index (Phi) is 13.3. The largest absolute Gasteiger partial charge is 0.507 e. The first-order valence-electron chi connectivity index (χ1n) is 18.6. The second kappa shape index (κ2) is 17.7. The summed E-state index contributed by atoms with van der Waals surface area (Å²) in [4.78, 5) is 14.6. The highest BCUT2D eigenvalue weighted by Gasteiger charge is 2.50. The molecular formula is C39H50O19. The smallest absolute Gasteiger partial charge is 0.239 e. The van der Waals surface area contributed by atoms with E-state index < -0.39 is 121 Å². The van der Waals surface area contributed by atoms with E-state index in [9.17, 15) is 55.9 Å². The number of phenols is 1. The molecule has 0 saturated carbocycles. The summed E-state index contributed by atoms with van der Waals surface area (Å²) in [5.41, 5.74) is 0.116. The van der Waals surface area contributed by atoms with Gasteiger partial charge in [0.1, 0.15) is 89.3 Å². The number of allylic oxidation sites excluding steroid dienone is 2. The van der Waals surface area contributed by atoms with Gasteiger partial charge in [0.25, 0.3) is 0 Å².